The van der Waals surface area contributed by atoms with E-state index in [1.165, 1.54) is 4.88 Å². The third kappa shape index (κ3) is 3.69. The predicted molar refractivity (Wildman–Crippen MR) is 80.8 cm³/mol. The highest BCUT2D eigenvalue weighted by Gasteiger charge is 2.25. The average molecular weight is 294 g/mol. The molecular weight excluding hydrogens is 272 g/mol. The van der Waals surface area contributed by atoms with Crippen molar-refractivity contribution in [3.8, 4) is 0 Å². The van der Waals surface area contributed by atoms with Crippen LogP contribution in [0.15, 0.2) is 29.0 Å². The van der Waals surface area contributed by atoms with Crippen LogP contribution in [0, 0.1) is 0 Å². The van der Waals surface area contributed by atoms with Gasteiger partial charge in [-0.25, -0.2) is 4.98 Å². The Hall–Kier alpha value is -1.17. The normalized spacial score (nSPS) is 15.2. The van der Waals surface area contributed by atoms with E-state index in [-0.39, 0.29) is 5.41 Å². The first-order valence-electron chi connectivity index (χ1n) is 6.71. The van der Waals surface area contributed by atoms with Gasteiger partial charge in [-0.15, -0.1) is 11.3 Å². The van der Waals surface area contributed by atoms with Gasteiger partial charge in [0.2, 0.25) is 0 Å². The van der Waals surface area contributed by atoms with E-state index >= 15 is 0 Å². The van der Waals surface area contributed by atoms with Crippen LogP contribution in [0.5, 0.6) is 0 Å². The first-order valence-corrected chi connectivity index (χ1v) is 7.53. The second-order valence-electron chi connectivity index (χ2n) is 6.24. The summed E-state index contributed by atoms with van der Waals surface area (Å²) < 4.78 is 5.25. The molecule has 0 spiro atoms. The number of thiazole rings is 1. The monoisotopic (exact) mass is 294 g/mol. The summed E-state index contributed by atoms with van der Waals surface area (Å²) in [6, 6.07) is 3.56. The highest BCUT2D eigenvalue weighted by molar-refractivity contribution is 7.11. The van der Waals surface area contributed by atoms with Gasteiger partial charge >= 0.3 is 0 Å². The highest BCUT2D eigenvalue weighted by Crippen LogP contribution is 2.27. The Morgan fingerprint density at radius 2 is 2.10 bits per heavy atom. The van der Waals surface area contributed by atoms with Crippen molar-refractivity contribution in [2.24, 2.45) is 0 Å². The number of aromatic nitrogens is 1. The lowest BCUT2D eigenvalue weighted by molar-refractivity contribution is 0.0341. The summed E-state index contributed by atoms with van der Waals surface area (Å²) in [6.45, 7) is 9.35. The van der Waals surface area contributed by atoms with Crippen LogP contribution in [0.4, 0.5) is 0 Å². The van der Waals surface area contributed by atoms with E-state index in [2.05, 4.69) is 31.1 Å². The molecule has 0 fully saturated rings. The second kappa shape index (κ2) is 5.68. The number of aliphatic hydroxyl groups is 1. The molecular formula is C15H22N2O2S. The molecule has 0 saturated heterocycles. The maximum Gasteiger partial charge on any atom is 0.136 e. The van der Waals surface area contributed by atoms with Crippen molar-refractivity contribution in [2.75, 3.05) is 6.54 Å². The molecule has 0 aliphatic heterocycles. The van der Waals surface area contributed by atoms with E-state index in [1.54, 1.807) is 36.7 Å². The zero-order chi connectivity index (χ0) is 14.8. The molecule has 0 bridgehead atoms. The van der Waals surface area contributed by atoms with Crippen LogP contribution in [0.1, 0.15) is 43.3 Å². The lowest BCUT2D eigenvalue weighted by Gasteiger charge is -2.21. The Labute approximate surface area is 123 Å². The summed E-state index contributed by atoms with van der Waals surface area (Å²) >= 11 is 1.71. The van der Waals surface area contributed by atoms with Gasteiger partial charge < -0.3 is 14.8 Å². The van der Waals surface area contributed by atoms with Crippen LogP contribution < -0.4 is 5.32 Å². The van der Waals surface area contributed by atoms with Gasteiger partial charge in [-0.2, -0.15) is 0 Å². The van der Waals surface area contributed by atoms with Gasteiger partial charge in [0.15, 0.2) is 0 Å². The van der Waals surface area contributed by atoms with Crippen LogP contribution in [0.2, 0.25) is 0 Å². The number of hydrogen-bond donors (Lipinski definition) is 2. The molecule has 2 aromatic heterocycles. The van der Waals surface area contributed by atoms with Crippen LogP contribution in [-0.4, -0.2) is 16.6 Å². The number of rotatable bonds is 5. The molecule has 4 nitrogen and oxygen atoms in total. The van der Waals surface area contributed by atoms with E-state index < -0.39 is 5.60 Å². The van der Waals surface area contributed by atoms with Crippen LogP contribution >= 0.6 is 11.3 Å². The molecule has 1 unspecified atom stereocenters. The first kappa shape index (κ1) is 15.2. The molecule has 2 N–H and O–H groups in total. The molecule has 0 aliphatic carbocycles. The fourth-order valence-corrected chi connectivity index (χ4v) is 2.78. The molecule has 0 saturated carbocycles. The summed E-state index contributed by atoms with van der Waals surface area (Å²) in [5.74, 6) is 0.574. The van der Waals surface area contributed by atoms with Crippen LogP contribution in [0.3, 0.4) is 0 Å². The van der Waals surface area contributed by atoms with Crippen molar-refractivity contribution in [2.45, 2.75) is 45.3 Å². The Morgan fingerprint density at radius 1 is 1.35 bits per heavy atom. The summed E-state index contributed by atoms with van der Waals surface area (Å²) in [7, 11) is 0. The van der Waals surface area contributed by atoms with Crippen molar-refractivity contribution in [3.05, 3.63) is 40.2 Å². The highest BCUT2D eigenvalue weighted by atomic mass is 32.1. The first-order chi connectivity index (χ1) is 9.29. The van der Waals surface area contributed by atoms with Gasteiger partial charge in [-0.1, -0.05) is 20.8 Å². The van der Waals surface area contributed by atoms with Gasteiger partial charge in [0.1, 0.15) is 11.4 Å². The Morgan fingerprint density at radius 3 is 2.65 bits per heavy atom. The maximum absolute atomic E-state index is 10.3. The van der Waals surface area contributed by atoms with Crippen molar-refractivity contribution >= 4 is 11.3 Å². The molecule has 0 radical (unpaired) electrons. The van der Waals surface area contributed by atoms with Gasteiger partial charge in [-0.3, -0.25) is 0 Å². The summed E-state index contributed by atoms with van der Waals surface area (Å²) in [4.78, 5) is 5.62. The van der Waals surface area contributed by atoms with Crippen LogP contribution in [-0.2, 0) is 17.6 Å². The third-order valence-corrected chi connectivity index (χ3v) is 4.44. The van der Waals surface area contributed by atoms with Crippen molar-refractivity contribution in [1.82, 2.24) is 10.3 Å². The average Bonchev–Trinajstić information content (AvgIpc) is 2.99. The Balaban J connectivity index is 1.89. The third-order valence-electron chi connectivity index (χ3n) is 3.02. The SMILES string of the molecule is CC(C)(C)c1ncc(CNCC(C)(O)c2ccco2)s1. The van der Waals surface area contributed by atoms with E-state index in [4.69, 9.17) is 4.42 Å². The standard InChI is InChI=1S/C15H22N2O2S/c1-14(2,3)13-17-9-11(20-13)8-16-10-15(4,18)12-6-5-7-19-12/h5-7,9,16,18H,8,10H2,1-4H3. The van der Waals surface area contributed by atoms with Crippen LogP contribution in [0.25, 0.3) is 0 Å². The Kier molecular flexibility index (Phi) is 4.32. The molecule has 2 rings (SSSR count). The molecule has 110 valence electrons. The minimum atomic E-state index is -0.999. The fraction of sp³-hybridized carbons (Fsp3) is 0.533. The minimum Gasteiger partial charge on any atom is -0.466 e. The lowest BCUT2D eigenvalue weighted by Crippen LogP contribution is -2.34. The lowest BCUT2D eigenvalue weighted by atomic mass is 9.98. The van der Waals surface area contributed by atoms with Gasteiger partial charge in [-0.05, 0) is 19.1 Å². The maximum atomic E-state index is 10.3. The molecule has 5 heteroatoms. The van der Waals surface area contributed by atoms with Crippen molar-refractivity contribution in [1.29, 1.82) is 0 Å². The van der Waals surface area contributed by atoms with Crippen molar-refractivity contribution in [3.63, 3.8) is 0 Å². The summed E-state index contributed by atoms with van der Waals surface area (Å²) in [6.07, 6.45) is 3.47. The number of hydrogen-bond acceptors (Lipinski definition) is 5. The smallest absolute Gasteiger partial charge is 0.136 e. The molecule has 2 heterocycles. The van der Waals surface area contributed by atoms with Gasteiger partial charge in [0.25, 0.3) is 0 Å². The van der Waals surface area contributed by atoms with E-state index in [0.29, 0.717) is 18.8 Å². The van der Waals surface area contributed by atoms with E-state index in [0.717, 1.165) is 5.01 Å². The quantitative estimate of drug-likeness (QED) is 0.890. The molecule has 0 amide bonds. The van der Waals surface area contributed by atoms with Gasteiger partial charge in [0, 0.05) is 29.6 Å². The predicted octanol–water partition coefficient (Wildman–Crippen LogP) is 3.03. The molecule has 20 heavy (non-hydrogen) atoms. The zero-order valence-corrected chi connectivity index (χ0v) is 13.3. The van der Waals surface area contributed by atoms with E-state index in [1.807, 2.05) is 6.20 Å². The molecule has 2 aromatic rings. The molecule has 0 aromatic carbocycles. The number of nitrogens with one attached hydrogen (secondary N) is 1. The second-order valence-corrected chi connectivity index (χ2v) is 7.35. The topological polar surface area (TPSA) is 58.3 Å². The van der Waals surface area contributed by atoms with Gasteiger partial charge in [0.05, 0.1) is 11.3 Å². The number of nitrogens with zero attached hydrogens (tertiary/aromatic N) is 1. The number of furan rings is 1. The summed E-state index contributed by atoms with van der Waals surface area (Å²) in [5.41, 5.74) is -0.913. The zero-order valence-electron chi connectivity index (χ0n) is 12.4. The fourth-order valence-electron chi connectivity index (χ4n) is 1.84. The van der Waals surface area contributed by atoms with E-state index in [9.17, 15) is 5.11 Å². The molecule has 1 atom stereocenters. The summed E-state index contributed by atoms with van der Waals surface area (Å²) in [5, 5.41) is 14.7. The minimum absolute atomic E-state index is 0.0859. The molecule has 0 aliphatic rings. The Bertz CT molecular complexity index is 538. The largest absolute Gasteiger partial charge is 0.466 e. The van der Waals surface area contributed by atoms with Crippen molar-refractivity contribution < 1.29 is 9.52 Å².